The standard InChI is InChI=1S/C15H30N2O.ClH/c1-14(2,3)11-15(4,5)17-13(18)7-6-12-8-9-16-10-12;/h12,16H,6-11H2,1-5H3,(H,17,18);1H. The van der Waals surface area contributed by atoms with Gasteiger partial charge in [0.05, 0.1) is 0 Å². The van der Waals surface area contributed by atoms with Crippen molar-refractivity contribution in [1.29, 1.82) is 0 Å². The summed E-state index contributed by atoms with van der Waals surface area (Å²) >= 11 is 0. The van der Waals surface area contributed by atoms with Gasteiger partial charge in [-0.25, -0.2) is 0 Å². The van der Waals surface area contributed by atoms with E-state index >= 15 is 0 Å². The van der Waals surface area contributed by atoms with Gasteiger partial charge in [-0.05, 0) is 57.5 Å². The van der Waals surface area contributed by atoms with E-state index in [1.54, 1.807) is 0 Å². The quantitative estimate of drug-likeness (QED) is 0.817. The monoisotopic (exact) mass is 290 g/mol. The van der Waals surface area contributed by atoms with E-state index in [0.717, 1.165) is 25.9 Å². The summed E-state index contributed by atoms with van der Waals surface area (Å²) in [5, 5.41) is 6.52. The first-order valence-corrected chi connectivity index (χ1v) is 7.20. The van der Waals surface area contributed by atoms with Crippen molar-refractivity contribution in [2.24, 2.45) is 11.3 Å². The van der Waals surface area contributed by atoms with Crippen molar-refractivity contribution < 1.29 is 4.79 Å². The minimum atomic E-state index is -0.108. The summed E-state index contributed by atoms with van der Waals surface area (Å²) in [5.74, 6) is 0.901. The molecule has 1 unspecified atom stereocenters. The SMILES string of the molecule is CC(C)(C)CC(C)(C)NC(=O)CCC1CCNC1.Cl. The predicted molar refractivity (Wildman–Crippen MR) is 83.8 cm³/mol. The Bertz CT molecular complexity index is 278. The molecule has 1 heterocycles. The molecule has 0 aromatic rings. The lowest BCUT2D eigenvalue weighted by atomic mass is 9.81. The molecule has 0 spiro atoms. The fourth-order valence-corrected chi connectivity index (χ4v) is 3.11. The van der Waals surface area contributed by atoms with Crippen LogP contribution in [0.1, 0.15) is 60.3 Å². The van der Waals surface area contributed by atoms with Gasteiger partial charge in [-0.15, -0.1) is 12.4 Å². The Morgan fingerprint density at radius 1 is 1.26 bits per heavy atom. The number of halogens is 1. The summed E-state index contributed by atoms with van der Waals surface area (Å²) in [7, 11) is 0. The van der Waals surface area contributed by atoms with Gasteiger partial charge in [0.25, 0.3) is 0 Å². The lowest BCUT2D eigenvalue weighted by Crippen LogP contribution is -2.45. The van der Waals surface area contributed by atoms with Crippen LogP contribution in [-0.4, -0.2) is 24.5 Å². The highest BCUT2D eigenvalue weighted by atomic mass is 35.5. The van der Waals surface area contributed by atoms with Crippen molar-refractivity contribution in [2.45, 2.75) is 65.8 Å². The van der Waals surface area contributed by atoms with E-state index < -0.39 is 0 Å². The lowest BCUT2D eigenvalue weighted by Gasteiger charge is -2.33. The maximum Gasteiger partial charge on any atom is 0.220 e. The van der Waals surface area contributed by atoms with Gasteiger partial charge in [0.15, 0.2) is 0 Å². The van der Waals surface area contributed by atoms with Crippen LogP contribution in [0, 0.1) is 11.3 Å². The number of hydrogen-bond acceptors (Lipinski definition) is 2. The largest absolute Gasteiger partial charge is 0.351 e. The molecule has 1 aliphatic rings. The fraction of sp³-hybridized carbons (Fsp3) is 0.933. The van der Waals surface area contributed by atoms with Crippen molar-refractivity contribution in [3.8, 4) is 0 Å². The van der Waals surface area contributed by atoms with Crippen LogP contribution in [0.25, 0.3) is 0 Å². The number of rotatable bonds is 5. The summed E-state index contributed by atoms with van der Waals surface area (Å²) < 4.78 is 0. The van der Waals surface area contributed by atoms with E-state index in [2.05, 4.69) is 45.3 Å². The third kappa shape index (κ3) is 8.48. The molecule has 1 amide bonds. The molecule has 0 aromatic heterocycles. The topological polar surface area (TPSA) is 41.1 Å². The Balaban J connectivity index is 0.00000324. The Hall–Kier alpha value is -0.280. The first-order valence-electron chi connectivity index (χ1n) is 7.20. The maximum atomic E-state index is 12.0. The molecule has 4 heteroatoms. The van der Waals surface area contributed by atoms with E-state index in [-0.39, 0.29) is 29.3 Å². The zero-order valence-electron chi connectivity index (χ0n) is 13.1. The average Bonchev–Trinajstić information content (AvgIpc) is 2.61. The average molecular weight is 291 g/mol. The van der Waals surface area contributed by atoms with Crippen molar-refractivity contribution in [3.05, 3.63) is 0 Å². The van der Waals surface area contributed by atoms with Gasteiger partial charge in [-0.1, -0.05) is 20.8 Å². The third-order valence-electron chi connectivity index (χ3n) is 3.39. The minimum Gasteiger partial charge on any atom is -0.351 e. The molecule has 1 saturated heterocycles. The summed E-state index contributed by atoms with van der Waals surface area (Å²) in [4.78, 5) is 12.0. The van der Waals surface area contributed by atoms with Gasteiger partial charge >= 0.3 is 0 Å². The van der Waals surface area contributed by atoms with Gasteiger partial charge in [0, 0.05) is 12.0 Å². The zero-order valence-corrected chi connectivity index (χ0v) is 14.0. The molecule has 19 heavy (non-hydrogen) atoms. The highest BCUT2D eigenvalue weighted by molar-refractivity contribution is 5.85. The molecule has 1 fully saturated rings. The normalized spacial score (nSPS) is 19.9. The van der Waals surface area contributed by atoms with E-state index in [0.29, 0.717) is 12.3 Å². The van der Waals surface area contributed by atoms with Gasteiger partial charge in [-0.3, -0.25) is 4.79 Å². The number of carbonyl (C=O) groups excluding carboxylic acids is 1. The first-order chi connectivity index (χ1) is 8.18. The molecule has 114 valence electrons. The van der Waals surface area contributed by atoms with Gasteiger partial charge in [-0.2, -0.15) is 0 Å². The van der Waals surface area contributed by atoms with Crippen LogP contribution >= 0.6 is 12.4 Å². The van der Waals surface area contributed by atoms with Crippen LogP contribution in [0.5, 0.6) is 0 Å². The molecule has 1 atom stereocenters. The predicted octanol–water partition coefficient (Wildman–Crippen LogP) is 3.13. The molecule has 3 nitrogen and oxygen atoms in total. The highest BCUT2D eigenvalue weighted by Crippen LogP contribution is 2.27. The Labute approximate surface area is 124 Å². The van der Waals surface area contributed by atoms with Gasteiger partial charge in [0.2, 0.25) is 5.91 Å². The first kappa shape index (κ1) is 18.7. The lowest BCUT2D eigenvalue weighted by molar-refractivity contribution is -0.123. The van der Waals surface area contributed by atoms with Crippen LogP contribution in [0.2, 0.25) is 0 Å². The second-order valence-corrected chi connectivity index (χ2v) is 7.57. The summed E-state index contributed by atoms with van der Waals surface area (Å²) in [5.41, 5.74) is 0.134. The van der Waals surface area contributed by atoms with Crippen molar-refractivity contribution in [2.75, 3.05) is 13.1 Å². The Morgan fingerprint density at radius 2 is 1.89 bits per heavy atom. The van der Waals surface area contributed by atoms with E-state index in [9.17, 15) is 4.79 Å². The molecule has 0 bridgehead atoms. The van der Waals surface area contributed by atoms with Crippen LogP contribution in [0.15, 0.2) is 0 Å². The van der Waals surface area contributed by atoms with Crippen molar-refractivity contribution in [1.82, 2.24) is 10.6 Å². The number of amides is 1. The highest BCUT2D eigenvalue weighted by Gasteiger charge is 2.27. The third-order valence-corrected chi connectivity index (χ3v) is 3.39. The van der Waals surface area contributed by atoms with Crippen molar-refractivity contribution in [3.63, 3.8) is 0 Å². The van der Waals surface area contributed by atoms with Gasteiger partial charge in [0.1, 0.15) is 0 Å². The number of nitrogens with one attached hydrogen (secondary N) is 2. The Morgan fingerprint density at radius 3 is 2.37 bits per heavy atom. The molecule has 1 aliphatic heterocycles. The van der Waals surface area contributed by atoms with Crippen LogP contribution in [0.4, 0.5) is 0 Å². The molecule has 1 rings (SSSR count). The van der Waals surface area contributed by atoms with Crippen molar-refractivity contribution >= 4 is 18.3 Å². The zero-order chi connectivity index (χ0) is 13.8. The fourth-order valence-electron chi connectivity index (χ4n) is 3.11. The smallest absolute Gasteiger partial charge is 0.220 e. The molecule has 2 N–H and O–H groups in total. The summed E-state index contributed by atoms with van der Waals surface area (Å²) in [6.07, 6.45) is 3.90. The van der Waals surface area contributed by atoms with E-state index in [1.165, 1.54) is 6.42 Å². The summed E-state index contributed by atoms with van der Waals surface area (Å²) in [6, 6.07) is 0. The minimum absolute atomic E-state index is 0. The number of hydrogen-bond donors (Lipinski definition) is 2. The molecular formula is C15H31ClN2O. The maximum absolute atomic E-state index is 12.0. The molecule has 0 aliphatic carbocycles. The Kier molecular flexibility index (Phi) is 7.38. The summed E-state index contributed by atoms with van der Waals surface area (Å²) in [6.45, 7) is 13.1. The van der Waals surface area contributed by atoms with Crippen LogP contribution in [0.3, 0.4) is 0 Å². The van der Waals surface area contributed by atoms with Gasteiger partial charge < -0.3 is 10.6 Å². The van der Waals surface area contributed by atoms with E-state index in [1.807, 2.05) is 0 Å². The van der Waals surface area contributed by atoms with Crippen LogP contribution < -0.4 is 10.6 Å². The number of carbonyl (C=O) groups is 1. The molecule has 0 aromatic carbocycles. The second kappa shape index (κ2) is 7.49. The van der Waals surface area contributed by atoms with Crippen LogP contribution in [-0.2, 0) is 4.79 Å². The molecular weight excluding hydrogens is 260 g/mol. The second-order valence-electron chi connectivity index (χ2n) is 7.57. The molecule has 0 saturated carbocycles. The van der Waals surface area contributed by atoms with E-state index in [4.69, 9.17) is 0 Å². The molecule has 0 radical (unpaired) electrons.